The number of methoxy groups -OCH3 is 1. The van der Waals surface area contributed by atoms with Crippen molar-refractivity contribution >= 4 is 29.2 Å². The first-order chi connectivity index (χ1) is 9.60. The van der Waals surface area contributed by atoms with Crippen LogP contribution in [-0.4, -0.2) is 35.5 Å². The zero-order valence-electron chi connectivity index (χ0n) is 11.4. The van der Waals surface area contributed by atoms with Gasteiger partial charge in [0, 0.05) is 29.4 Å². The normalized spacial score (nSPS) is 19.9. The first kappa shape index (κ1) is 15.5. The molecule has 4 nitrogen and oxygen atoms in total. The van der Waals surface area contributed by atoms with Crippen molar-refractivity contribution < 1.29 is 9.53 Å². The average Bonchev–Trinajstić information content (AvgIpc) is 2.43. The van der Waals surface area contributed by atoms with Gasteiger partial charge in [-0.05, 0) is 25.5 Å². The molecule has 6 heteroatoms. The largest absolute Gasteiger partial charge is 0.469 e. The summed E-state index contributed by atoms with van der Waals surface area (Å²) in [5, 5.41) is 1.01. The molecule has 1 aromatic rings. The van der Waals surface area contributed by atoms with Crippen molar-refractivity contribution in [3.05, 3.63) is 28.0 Å². The second-order valence-corrected chi connectivity index (χ2v) is 5.79. The van der Waals surface area contributed by atoms with Gasteiger partial charge in [-0.15, -0.1) is 0 Å². The van der Waals surface area contributed by atoms with E-state index >= 15 is 0 Å². The van der Waals surface area contributed by atoms with Crippen LogP contribution in [0.2, 0.25) is 10.2 Å². The predicted octanol–water partition coefficient (Wildman–Crippen LogP) is 3.31. The molecule has 20 heavy (non-hydrogen) atoms. The highest BCUT2D eigenvalue weighted by Gasteiger charge is 2.25. The van der Waals surface area contributed by atoms with Gasteiger partial charge in [-0.25, -0.2) is 4.98 Å². The fourth-order valence-electron chi connectivity index (χ4n) is 2.55. The molecular formula is C14H18Cl2N2O2. The Morgan fingerprint density at radius 3 is 3.00 bits per heavy atom. The van der Waals surface area contributed by atoms with Crippen LogP contribution in [0.15, 0.2) is 12.3 Å². The highest BCUT2D eigenvalue weighted by molar-refractivity contribution is 6.34. The van der Waals surface area contributed by atoms with Crippen molar-refractivity contribution in [2.75, 3.05) is 13.7 Å². The van der Waals surface area contributed by atoms with Crippen LogP contribution in [0.4, 0.5) is 0 Å². The van der Waals surface area contributed by atoms with Crippen molar-refractivity contribution in [2.45, 2.75) is 38.3 Å². The SMILES string of the molecule is COC(=O)CC1CCCCN1Cc1cnc(Cl)cc1Cl. The van der Waals surface area contributed by atoms with E-state index in [0.717, 1.165) is 31.4 Å². The smallest absolute Gasteiger partial charge is 0.307 e. The maximum absolute atomic E-state index is 11.5. The molecule has 1 unspecified atom stereocenters. The number of ether oxygens (including phenoxy) is 1. The third kappa shape index (κ3) is 4.08. The Bertz CT molecular complexity index is 482. The standard InChI is InChI=1S/C14H18Cl2N2O2/c1-20-14(19)6-11-4-2-3-5-18(11)9-10-8-17-13(16)7-12(10)15/h7-8,11H,2-6,9H2,1H3. The van der Waals surface area contributed by atoms with Crippen LogP contribution < -0.4 is 0 Å². The van der Waals surface area contributed by atoms with E-state index in [9.17, 15) is 4.79 Å². The molecule has 0 bridgehead atoms. The topological polar surface area (TPSA) is 42.4 Å². The molecule has 0 amide bonds. The molecule has 1 saturated heterocycles. The molecule has 1 atom stereocenters. The van der Waals surface area contributed by atoms with Crippen molar-refractivity contribution in [1.29, 1.82) is 0 Å². The lowest BCUT2D eigenvalue weighted by Gasteiger charge is -2.35. The third-order valence-electron chi connectivity index (χ3n) is 3.65. The predicted molar refractivity (Wildman–Crippen MR) is 78.9 cm³/mol. The van der Waals surface area contributed by atoms with E-state index in [1.807, 2.05) is 0 Å². The minimum atomic E-state index is -0.165. The summed E-state index contributed by atoms with van der Waals surface area (Å²) in [6.07, 6.45) is 5.42. The van der Waals surface area contributed by atoms with Gasteiger partial charge in [0.05, 0.1) is 13.5 Å². The van der Waals surface area contributed by atoms with Crippen molar-refractivity contribution in [1.82, 2.24) is 9.88 Å². The molecule has 1 aliphatic rings. The number of rotatable bonds is 4. The number of nitrogens with zero attached hydrogens (tertiary/aromatic N) is 2. The van der Waals surface area contributed by atoms with Crippen molar-refractivity contribution in [3.63, 3.8) is 0 Å². The Morgan fingerprint density at radius 1 is 1.50 bits per heavy atom. The van der Waals surface area contributed by atoms with Crippen LogP contribution in [0.25, 0.3) is 0 Å². The van der Waals surface area contributed by atoms with Crippen LogP contribution in [0, 0.1) is 0 Å². The van der Waals surface area contributed by atoms with Gasteiger partial charge in [-0.2, -0.15) is 0 Å². The van der Waals surface area contributed by atoms with Gasteiger partial charge in [0.1, 0.15) is 5.15 Å². The van der Waals surface area contributed by atoms with E-state index in [1.165, 1.54) is 7.11 Å². The second kappa shape index (κ2) is 7.25. The summed E-state index contributed by atoms with van der Waals surface area (Å²) in [5.74, 6) is -0.165. The zero-order chi connectivity index (χ0) is 14.5. The van der Waals surface area contributed by atoms with Crippen molar-refractivity contribution in [2.24, 2.45) is 0 Å². The maximum Gasteiger partial charge on any atom is 0.307 e. The molecule has 1 aromatic heterocycles. The lowest BCUT2D eigenvalue weighted by atomic mass is 9.99. The number of carbonyl (C=O) groups is 1. The van der Waals surface area contributed by atoms with Gasteiger partial charge < -0.3 is 4.74 Å². The quantitative estimate of drug-likeness (QED) is 0.631. The highest BCUT2D eigenvalue weighted by atomic mass is 35.5. The van der Waals surface area contributed by atoms with E-state index < -0.39 is 0 Å². The summed E-state index contributed by atoms with van der Waals surface area (Å²) < 4.78 is 4.77. The molecule has 0 aromatic carbocycles. The minimum absolute atomic E-state index is 0.165. The van der Waals surface area contributed by atoms with Crippen LogP contribution >= 0.6 is 23.2 Å². The molecular weight excluding hydrogens is 299 g/mol. The van der Waals surface area contributed by atoms with Crippen molar-refractivity contribution in [3.8, 4) is 0 Å². The van der Waals surface area contributed by atoms with E-state index in [-0.39, 0.29) is 12.0 Å². The van der Waals surface area contributed by atoms with Gasteiger partial charge in [0.2, 0.25) is 0 Å². The minimum Gasteiger partial charge on any atom is -0.469 e. The lowest BCUT2D eigenvalue weighted by Crippen LogP contribution is -2.40. The summed E-state index contributed by atoms with van der Waals surface area (Å²) in [6, 6.07) is 1.86. The van der Waals surface area contributed by atoms with Crippen LogP contribution in [0.5, 0.6) is 0 Å². The summed E-state index contributed by atoms with van der Waals surface area (Å²) in [6.45, 7) is 1.64. The van der Waals surface area contributed by atoms with Crippen LogP contribution in [0.3, 0.4) is 0 Å². The number of likely N-dealkylation sites (tertiary alicyclic amines) is 1. The monoisotopic (exact) mass is 316 g/mol. The van der Waals surface area contributed by atoms with E-state index in [1.54, 1.807) is 12.3 Å². The number of carbonyl (C=O) groups excluding carboxylic acids is 1. The van der Waals surface area contributed by atoms with E-state index in [4.69, 9.17) is 27.9 Å². The molecule has 0 saturated carbocycles. The summed E-state index contributed by atoms with van der Waals surface area (Å²) in [7, 11) is 1.43. The second-order valence-electron chi connectivity index (χ2n) is 5.00. The Hall–Kier alpha value is -0.840. The molecule has 2 rings (SSSR count). The Kier molecular flexibility index (Phi) is 5.64. The number of pyridine rings is 1. The fourth-order valence-corrected chi connectivity index (χ4v) is 2.97. The fraction of sp³-hybridized carbons (Fsp3) is 0.571. The number of esters is 1. The zero-order valence-corrected chi connectivity index (χ0v) is 13.0. The van der Waals surface area contributed by atoms with Crippen LogP contribution in [0.1, 0.15) is 31.2 Å². The molecule has 1 aliphatic heterocycles. The Morgan fingerprint density at radius 2 is 2.30 bits per heavy atom. The van der Waals surface area contributed by atoms with Gasteiger partial charge in [0.25, 0.3) is 0 Å². The van der Waals surface area contributed by atoms with Gasteiger partial charge in [0.15, 0.2) is 0 Å². The van der Waals surface area contributed by atoms with E-state index in [0.29, 0.717) is 23.1 Å². The highest BCUT2D eigenvalue weighted by Crippen LogP contribution is 2.25. The lowest BCUT2D eigenvalue weighted by molar-refractivity contribution is -0.142. The van der Waals surface area contributed by atoms with Gasteiger partial charge in [-0.1, -0.05) is 29.6 Å². The molecule has 0 spiro atoms. The number of aromatic nitrogens is 1. The number of hydrogen-bond donors (Lipinski definition) is 0. The van der Waals surface area contributed by atoms with Gasteiger partial charge >= 0.3 is 5.97 Å². The molecule has 0 radical (unpaired) electrons. The summed E-state index contributed by atoms with van der Waals surface area (Å²) >= 11 is 12.0. The number of piperidine rings is 1. The summed E-state index contributed by atoms with van der Waals surface area (Å²) in [4.78, 5) is 17.8. The maximum atomic E-state index is 11.5. The van der Waals surface area contributed by atoms with E-state index in [2.05, 4.69) is 9.88 Å². The number of halogens is 2. The van der Waals surface area contributed by atoms with Gasteiger partial charge in [-0.3, -0.25) is 9.69 Å². The third-order valence-corrected chi connectivity index (χ3v) is 4.21. The average molecular weight is 317 g/mol. The molecule has 2 heterocycles. The summed E-state index contributed by atoms with van der Waals surface area (Å²) in [5.41, 5.74) is 0.938. The Labute approximate surface area is 129 Å². The first-order valence-corrected chi connectivity index (χ1v) is 7.46. The molecule has 0 aliphatic carbocycles. The molecule has 0 N–H and O–H groups in total. The molecule has 110 valence electrons. The number of hydrogen-bond acceptors (Lipinski definition) is 4. The molecule has 1 fully saturated rings. The van der Waals surface area contributed by atoms with Crippen LogP contribution in [-0.2, 0) is 16.1 Å². The Balaban J connectivity index is 2.06. The first-order valence-electron chi connectivity index (χ1n) is 6.71.